The van der Waals surface area contributed by atoms with Gasteiger partial charge in [0.1, 0.15) is 0 Å². The molecule has 1 atom stereocenters. The Balaban J connectivity index is 2.10. The zero-order valence-electron chi connectivity index (χ0n) is 12.1. The van der Waals surface area contributed by atoms with E-state index in [9.17, 15) is 0 Å². The number of aromatic nitrogens is 1. The normalized spacial score (nSPS) is 12.5. The molecule has 0 aliphatic carbocycles. The van der Waals surface area contributed by atoms with Crippen LogP contribution in [0.25, 0.3) is 0 Å². The van der Waals surface area contributed by atoms with E-state index >= 15 is 0 Å². The Labute approximate surface area is 120 Å². The van der Waals surface area contributed by atoms with Crippen molar-refractivity contribution >= 4 is 5.69 Å². The summed E-state index contributed by atoms with van der Waals surface area (Å²) in [6.45, 7) is 5.95. The molecule has 1 aromatic heterocycles. The van der Waals surface area contributed by atoms with Crippen LogP contribution in [0.1, 0.15) is 37.9 Å². The fraction of sp³-hybridized carbons (Fsp3) is 0.294. The maximum Gasteiger partial charge on any atom is 0.0766 e. The van der Waals surface area contributed by atoms with Crippen LogP contribution < -0.4 is 5.32 Å². The number of hydrogen-bond donors (Lipinski definition) is 1. The van der Waals surface area contributed by atoms with Gasteiger partial charge in [-0.05, 0) is 50.1 Å². The van der Waals surface area contributed by atoms with E-state index in [-0.39, 0.29) is 6.04 Å². The molecule has 0 fully saturated rings. The zero-order chi connectivity index (χ0) is 14.6. The molecular formula is C17H19N3. The Bertz CT molecular complexity index is 594. The Hall–Kier alpha value is -2.34. The van der Waals surface area contributed by atoms with Crippen LogP contribution in [0.4, 0.5) is 5.69 Å². The average molecular weight is 265 g/mol. The summed E-state index contributed by atoms with van der Waals surface area (Å²) in [5, 5.41) is 12.6. The van der Waals surface area contributed by atoms with Gasteiger partial charge in [0, 0.05) is 18.1 Å². The Morgan fingerprint density at radius 3 is 2.45 bits per heavy atom. The Kier molecular flexibility index (Phi) is 4.05. The lowest BCUT2D eigenvalue weighted by molar-refractivity contribution is 0.687. The molecule has 1 heterocycles. The summed E-state index contributed by atoms with van der Waals surface area (Å²) >= 11 is 0. The minimum absolute atomic E-state index is 0.193. The molecule has 3 heteroatoms. The summed E-state index contributed by atoms with van der Waals surface area (Å²) in [6.07, 6.45) is 3.64. The number of nitrogens with zero attached hydrogens (tertiary/aromatic N) is 2. The van der Waals surface area contributed by atoms with Gasteiger partial charge in [-0.2, -0.15) is 5.26 Å². The van der Waals surface area contributed by atoms with E-state index < -0.39 is 5.41 Å². The van der Waals surface area contributed by atoms with Gasteiger partial charge < -0.3 is 5.32 Å². The second-order valence-corrected chi connectivity index (χ2v) is 5.47. The first-order valence-electron chi connectivity index (χ1n) is 6.71. The van der Waals surface area contributed by atoms with E-state index in [4.69, 9.17) is 5.26 Å². The number of hydrogen-bond acceptors (Lipinski definition) is 3. The van der Waals surface area contributed by atoms with Gasteiger partial charge in [-0.15, -0.1) is 0 Å². The van der Waals surface area contributed by atoms with Crippen molar-refractivity contribution in [1.82, 2.24) is 4.98 Å². The number of pyridine rings is 1. The lowest BCUT2D eigenvalue weighted by atomic mass is 9.86. The topological polar surface area (TPSA) is 48.7 Å². The first-order chi connectivity index (χ1) is 9.53. The first-order valence-corrected chi connectivity index (χ1v) is 6.71. The van der Waals surface area contributed by atoms with E-state index in [1.54, 1.807) is 6.20 Å². The summed E-state index contributed by atoms with van der Waals surface area (Å²) in [5.41, 5.74) is 2.76. The van der Waals surface area contributed by atoms with Gasteiger partial charge in [-0.3, -0.25) is 4.98 Å². The third-order valence-electron chi connectivity index (χ3n) is 3.45. The van der Waals surface area contributed by atoms with Crippen LogP contribution in [0.3, 0.4) is 0 Å². The SMILES string of the molecule is CC(Nc1ccc(C(C)(C)C#N)cc1)c1cccnc1. The zero-order valence-corrected chi connectivity index (χ0v) is 12.1. The molecule has 0 aliphatic rings. The standard InChI is InChI=1S/C17H19N3/c1-13(14-5-4-10-19-11-14)20-16-8-6-15(7-9-16)17(2,3)12-18/h4-11,13,20H,1-3H3. The summed E-state index contributed by atoms with van der Waals surface area (Å²) in [5.74, 6) is 0. The van der Waals surface area contributed by atoms with E-state index in [0.29, 0.717) is 0 Å². The molecule has 0 saturated heterocycles. The van der Waals surface area contributed by atoms with Crippen LogP contribution in [-0.4, -0.2) is 4.98 Å². The minimum Gasteiger partial charge on any atom is -0.378 e. The molecule has 2 rings (SSSR count). The second kappa shape index (κ2) is 5.75. The average Bonchev–Trinajstić information content (AvgIpc) is 2.48. The highest BCUT2D eigenvalue weighted by molar-refractivity contribution is 5.48. The summed E-state index contributed by atoms with van der Waals surface area (Å²) < 4.78 is 0. The third-order valence-corrected chi connectivity index (χ3v) is 3.45. The third kappa shape index (κ3) is 3.16. The number of rotatable bonds is 4. The molecule has 0 bridgehead atoms. The van der Waals surface area contributed by atoms with Crippen molar-refractivity contribution in [1.29, 1.82) is 5.26 Å². The van der Waals surface area contributed by atoms with Crippen LogP contribution in [-0.2, 0) is 5.41 Å². The molecule has 0 aliphatic heterocycles. The van der Waals surface area contributed by atoms with Gasteiger partial charge in [-0.25, -0.2) is 0 Å². The molecule has 0 amide bonds. The predicted octanol–water partition coefficient (Wildman–Crippen LogP) is 4.06. The van der Waals surface area contributed by atoms with Crippen LogP contribution in [0.2, 0.25) is 0 Å². The van der Waals surface area contributed by atoms with Gasteiger partial charge >= 0.3 is 0 Å². The molecule has 102 valence electrons. The van der Waals surface area contributed by atoms with Gasteiger partial charge in [-0.1, -0.05) is 18.2 Å². The smallest absolute Gasteiger partial charge is 0.0766 e. The van der Waals surface area contributed by atoms with Gasteiger partial charge in [0.2, 0.25) is 0 Å². The van der Waals surface area contributed by atoms with Crippen LogP contribution in [0.15, 0.2) is 48.8 Å². The Morgan fingerprint density at radius 2 is 1.90 bits per heavy atom. The predicted molar refractivity (Wildman–Crippen MR) is 81.4 cm³/mol. The van der Waals surface area contributed by atoms with Crippen LogP contribution >= 0.6 is 0 Å². The number of anilines is 1. The molecule has 1 unspecified atom stereocenters. The molecule has 0 spiro atoms. The number of nitriles is 1. The van der Waals surface area contributed by atoms with Gasteiger partial charge in [0.05, 0.1) is 17.5 Å². The molecule has 0 saturated carbocycles. The van der Waals surface area contributed by atoms with Crippen LogP contribution in [0, 0.1) is 11.3 Å². The monoisotopic (exact) mass is 265 g/mol. The minimum atomic E-state index is -0.451. The van der Waals surface area contributed by atoms with Crippen molar-refractivity contribution in [2.45, 2.75) is 32.2 Å². The highest BCUT2D eigenvalue weighted by Gasteiger charge is 2.19. The molecular weight excluding hydrogens is 246 g/mol. The molecule has 3 nitrogen and oxygen atoms in total. The van der Waals surface area contributed by atoms with E-state index in [1.165, 1.54) is 0 Å². The fourth-order valence-electron chi connectivity index (χ4n) is 2.01. The quantitative estimate of drug-likeness (QED) is 0.907. The van der Waals surface area contributed by atoms with Crippen molar-refractivity contribution in [3.8, 4) is 6.07 Å². The maximum atomic E-state index is 9.14. The van der Waals surface area contributed by atoms with Gasteiger partial charge in [0.15, 0.2) is 0 Å². The highest BCUT2D eigenvalue weighted by Crippen LogP contribution is 2.25. The van der Waals surface area contributed by atoms with Gasteiger partial charge in [0.25, 0.3) is 0 Å². The summed E-state index contributed by atoms with van der Waals surface area (Å²) in [6, 6.07) is 14.5. The molecule has 0 radical (unpaired) electrons. The highest BCUT2D eigenvalue weighted by atomic mass is 14.9. The van der Waals surface area contributed by atoms with Crippen molar-refractivity contribution in [2.24, 2.45) is 0 Å². The van der Waals surface area contributed by atoms with E-state index in [0.717, 1.165) is 16.8 Å². The van der Waals surface area contributed by atoms with Crippen molar-refractivity contribution in [2.75, 3.05) is 5.32 Å². The second-order valence-electron chi connectivity index (χ2n) is 5.47. The molecule has 2 aromatic rings. The first kappa shape index (κ1) is 14.1. The summed E-state index contributed by atoms with van der Waals surface area (Å²) in [4.78, 5) is 4.13. The maximum absolute atomic E-state index is 9.14. The van der Waals surface area contributed by atoms with Crippen molar-refractivity contribution in [3.63, 3.8) is 0 Å². The Morgan fingerprint density at radius 1 is 1.20 bits per heavy atom. The summed E-state index contributed by atoms with van der Waals surface area (Å²) in [7, 11) is 0. The molecule has 1 N–H and O–H groups in total. The lowest BCUT2D eigenvalue weighted by Gasteiger charge is -2.18. The fourth-order valence-corrected chi connectivity index (χ4v) is 2.01. The van der Waals surface area contributed by atoms with Crippen molar-refractivity contribution in [3.05, 3.63) is 59.9 Å². The number of nitrogens with one attached hydrogen (secondary N) is 1. The van der Waals surface area contributed by atoms with E-state index in [1.807, 2.05) is 50.4 Å². The van der Waals surface area contributed by atoms with Crippen molar-refractivity contribution < 1.29 is 0 Å². The molecule has 1 aromatic carbocycles. The lowest BCUT2D eigenvalue weighted by Crippen LogP contribution is -2.14. The van der Waals surface area contributed by atoms with E-state index in [2.05, 4.69) is 29.4 Å². The largest absolute Gasteiger partial charge is 0.378 e. The van der Waals surface area contributed by atoms with Crippen LogP contribution in [0.5, 0.6) is 0 Å². The number of benzene rings is 1. The molecule has 20 heavy (non-hydrogen) atoms.